The van der Waals surface area contributed by atoms with Crippen LogP contribution in [0.5, 0.6) is 0 Å². The van der Waals surface area contributed by atoms with Crippen LogP contribution in [0.4, 0.5) is 0 Å². The molecule has 19 heteroatoms. The summed E-state index contributed by atoms with van der Waals surface area (Å²) < 4.78 is 0. The van der Waals surface area contributed by atoms with Crippen molar-refractivity contribution >= 4 is 24.4 Å². The van der Waals surface area contributed by atoms with E-state index in [1.165, 1.54) is 5.40 Å². The number of aliphatic hydroxyl groups is 4. The molecule has 41 heavy (non-hydrogen) atoms. The van der Waals surface area contributed by atoms with Crippen molar-refractivity contribution in [3.8, 4) is 5.40 Å². The molecular formula is C22H54Cu3N7O8S+2. The van der Waals surface area contributed by atoms with Crippen molar-refractivity contribution in [3.05, 3.63) is 0 Å². The number of hydrogen-bond donors (Lipinski definition) is 6. The molecule has 0 spiro atoms. The maximum absolute atomic E-state index is 10.9. The fourth-order valence-electron chi connectivity index (χ4n) is 1.70. The Labute approximate surface area is 283 Å². The average Bonchev–Trinajstić information content (AvgIpc) is 2.74. The molecule has 0 bridgehead atoms. The maximum atomic E-state index is 10.9. The summed E-state index contributed by atoms with van der Waals surface area (Å²) in [5, 5.41) is 47.1. The van der Waals surface area contributed by atoms with Crippen LogP contribution in [0.15, 0.2) is 0 Å². The molecule has 2 radical (unpaired) electrons. The Kier molecular flexibility index (Phi) is 62.1. The molecule has 0 aromatic rings. The number of aliphatic hydroxyl groups excluding tert-OH is 2. The Hall–Kier alpha value is -0.192. The van der Waals surface area contributed by atoms with Gasteiger partial charge in [0.15, 0.2) is 0 Å². The molecule has 0 unspecified atom stereocenters. The molecule has 0 saturated carbocycles. The number of nitrogens with one attached hydrogen (secondary N) is 2. The van der Waals surface area contributed by atoms with Crippen LogP contribution >= 0.6 is 0 Å². The Morgan fingerprint density at radius 3 is 1.02 bits per heavy atom. The van der Waals surface area contributed by atoms with E-state index in [1.54, 1.807) is 13.8 Å². The van der Waals surface area contributed by atoms with Crippen LogP contribution in [0.1, 0.15) is 13.8 Å². The van der Waals surface area contributed by atoms with Crippen LogP contribution in [0.2, 0.25) is 0 Å². The molecular weight excluding hydrogens is 713 g/mol. The van der Waals surface area contributed by atoms with E-state index >= 15 is 0 Å². The molecule has 2 amide bonds. The zero-order chi connectivity index (χ0) is 29.5. The molecule has 0 saturated heterocycles. The van der Waals surface area contributed by atoms with Crippen LogP contribution in [0.25, 0.3) is 0 Å². The summed E-state index contributed by atoms with van der Waals surface area (Å²) in [6.07, 6.45) is -4.17. The van der Waals surface area contributed by atoms with Gasteiger partial charge in [0.25, 0.3) is 11.8 Å². The summed E-state index contributed by atoms with van der Waals surface area (Å²) in [5.41, 5.74) is -0.574. The van der Waals surface area contributed by atoms with E-state index in [0.717, 1.165) is 26.2 Å². The molecule has 0 aromatic heterocycles. The van der Waals surface area contributed by atoms with E-state index in [4.69, 9.17) is 25.7 Å². The molecule has 0 aliphatic rings. The topological polar surface area (TPSA) is 239 Å². The van der Waals surface area contributed by atoms with E-state index in [1.807, 2.05) is 0 Å². The van der Waals surface area contributed by atoms with Crippen molar-refractivity contribution in [2.75, 3.05) is 95.6 Å². The summed E-state index contributed by atoms with van der Waals surface area (Å²) in [7, 11) is 16.7. The van der Waals surface area contributed by atoms with Crippen molar-refractivity contribution in [1.82, 2.24) is 30.2 Å². The zero-order valence-electron chi connectivity index (χ0n) is 25.6. The zero-order valence-corrected chi connectivity index (χ0v) is 29.2. The molecule has 10 N–H and O–H groups in total. The normalized spacial score (nSPS) is 9.44. The van der Waals surface area contributed by atoms with Gasteiger partial charge in [0, 0.05) is 56.3 Å². The van der Waals surface area contributed by atoms with Crippen molar-refractivity contribution < 1.29 is 92.2 Å². The van der Waals surface area contributed by atoms with Crippen LogP contribution in [-0.4, -0.2) is 171 Å². The first kappa shape index (κ1) is 63.9. The maximum Gasteiger partial charge on any atom is 2.00 e. The number of carbonyl (C=O) groups excluding carboxylic acids is 2. The molecule has 262 valence electrons. The van der Waals surface area contributed by atoms with Gasteiger partial charge in [-0.2, -0.15) is 0 Å². The van der Waals surface area contributed by atoms with E-state index in [2.05, 4.69) is 99.2 Å². The van der Waals surface area contributed by atoms with Crippen LogP contribution in [0.3, 0.4) is 0 Å². The fraction of sp³-hybridized carbons (Fsp3) is 0.864. The molecule has 0 atom stereocenters. The largest absolute Gasteiger partial charge is 2.00 e. The predicted molar refractivity (Wildman–Crippen MR) is 151 cm³/mol. The van der Waals surface area contributed by atoms with Crippen LogP contribution < -0.4 is 10.6 Å². The second kappa shape index (κ2) is 39.8. The van der Waals surface area contributed by atoms with Gasteiger partial charge in [-0.05, 0) is 61.8 Å². The number of thiocyanates is 1. The van der Waals surface area contributed by atoms with Gasteiger partial charge in [0.2, 0.25) is 12.6 Å². The minimum atomic E-state index is -2.08. The van der Waals surface area contributed by atoms with E-state index in [0.29, 0.717) is 0 Å². The number of hydrogen-bond acceptors (Lipinski definition) is 12. The van der Waals surface area contributed by atoms with Crippen LogP contribution in [-0.2, 0) is 73.4 Å². The quantitative estimate of drug-likeness (QED) is 0.0477. The second-order valence-corrected chi connectivity index (χ2v) is 9.83. The monoisotopic (exact) mass is 765 g/mol. The van der Waals surface area contributed by atoms with Gasteiger partial charge >= 0.3 is 34.1 Å². The first-order valence-corrected chi connectivity index (χ1v) is 11.6. The second-order valence-electron chi connectivity index (χ2n) is 9.65. The summed E-state index contributed by atoms with van der Waals surface area (Å²) in [4.78, 5) is 30.4. The SMILES string of the molecule is CC(C)(CNC(=O)C(O)O)CNC(=O)C(O)O.CN(C)CCN(C)C.CN(C)CCN(C)C.N#C[S-].O.O.[Cu+2].[Cu+].[Cu]. The third-order valence-electron chi connectivity index (χ3n) is 3.94. The number of rotatable bonds is 12. The van der Waals surface area contributed by atoms with Crippen LogP contribution in [0, 0.1) is 16.1 Å². The molecule has 0 aliphatic carbocycles. The summed E-state index contributed by atoms with van der Waals surface area (Å²) in [6.45, 7) is 8.15. The van der Waals surface area contributed by atoms with Crippen molar-refractivity contribution in [1.29, 1.82) is 5.26 Å². The molecule has 0 aromatic carbocycles. The predicted octanol–water partition coefficient (Wildman–Crippen LogP) is -4.56. The molecule has 0 fully saturated rings. The minimum Gasteiger partial charge on any atom is -0.696 e. The molecule has 0 heterocycles. The van der Waals surface area contributed by atoms with Crippen molar-refractivity contribution in [2.45, 2.75) is 26.4 Å². The Morgan fingerprint density at radius 2 is 0.902 bits per heavy atom. The van der Waals surface area contributed by atoms with Gasteiger partial charge in [-0.15, -0.1) is 0 Å². The van der Waals surface area contributed by atoms with Gasteiger partial charge in [-0.1, -0.05) is 19.2 Å². The molecule has 15 nitrogen and oxygen atoms in total. The third-order valence-corrected chi connectivity index (χ3v) is 3.94. The standard InChI is InChI=1S/C9H18N2O6.2C6H16N2.CHNS.3Cu.2H2O/c1-9(2,3-10-5(12)7(14)15)4-11-6(13)8(16)17;2*1-7(2)5-6-8(3)4;2-1-3;;;;;/h7-8,14-17H,3-4H2,1-2H3,(H,10,12)(H,11,13);2*5-6H2,1-4H3;3H;;;;2*1H2/q;;;;;+1;+2;;/p-1. The van der Waals surface area contributed by atoms with E-state index < -0.39 is 29.8 Å². The van der Waals surface area contributed by atoms with Gasteiger partial charge in [-0.25, -0.2) is 5.26 Å². The van der Waals surface area contributed by atoms with E-state index in [9.17, 15) is 9.59 Å². The summed E-state index contributed by atoms with van der Waals surface area (Å²) >= 11 is 3.70. The Bertz CT molecular complexity index is 546. The smallest absolute Gasteiger partial charge is 0.696 e. The van der Waals surface area contributed by atoms with Gasteiger partial charge in [0.05, 0.1) is 0 Å². The minimum absolute atomic E-state index is 0. The third kappa shape index (κ3) is 64.0. The number of likely N-dealkylation sites (N-methyl/N-ethyl adjacent to an activating group) is 4. The molecule has 0 aliphatic heterocycles. The Balaban J connectivity index is -0.0000000523. The number of carbonyl (C=O) groups is 2. The average molecular weight is 767 g/mol. The summed E-state index contributed by atoms with van der Waals surface area (Å²) in [5.74, 6) is -1.88. The Morgan fingerprint density at radius 1 is 0.732 bits per heavy atom. The van der Waals surface area contributed by atoms with Crippen molar-refractivity contribution in [2.24, 2.45) is 5.41 Å². The number of amides is 2. The number of nitriles is 1. The first-order chi connectivity index (χ1) is 16.3. The van der Waals surface area contributed by atoms with Crippen molar-refractivity contribution in [3.63, 3.8) is 0 Å². The fourth-order valence-corrected chi connectivity index (χ4v) is 1.70. The molecule has 0 rings (SSSR count). The van der Waals surface area contributed by atoms with E-state index in [-0.39, 0.29) is 75.2 Å². The summed E-state index contributed by atoms with van der Waals surface area (Å²) in [6, 6.07) is 0. The van der Waals surface area contributed by atoms with Gasteiger partial charge in [0.1, 0.15) is 0 Å². The number of nitrogens with zero attached hydrogens (tertiary/aromatic N) is 5. The first-order valence-electron chi connectivity index (χ1n) is 11.2. The van der Waals surface area contributed by atoms with Gasteiger partial charge < -0.3 is 74.2 Å². The van der Waals surface area contributed by atoms with Gasteiger partial charge in [-0.3, -0.25) is 9.59 Å².